The maximum atomic E-state index is 13.9. The van der Waals surface area contributed by atoms with Crippen LogP contribution in [-0.4, -0.2) is 46.3 Å². The molecule has 0 N–H and O–H groups in total. The maximum Gasteiger partial charge on any atom is 0.416 e. The number of quaternary nitrogens is 1. The predicted molar refractivity (Wildman–Crippen MR) is 140 cm³/mol. The molecule has 4 fully saturated rings. The van der Waals surface area contributed by atoms with E-state index in [2.05, 4.69) is 16.2 Å². The van der Waals surface area contributed by atoms with Gasteiger partial charge in [-0.05, 0) is 42.5 Å². The number of hydrogen-bond donors (Lipinski definition) is 0. The van der Waals surface area contributed by atoms with Gasteiger partial charge in [0, 0.05) is 29.2 Å². The van der Waals surface area contributed by atoms with Crippen molar-refractivity contribution in [2.75, 3.05) is 19.6 Å². The highest BCUT2D eigenvalue weighted by Crippen LogP contribution is 2.44. The first kappa shape index (κ1) is 29.1. The normalized spacial score (nSPS) is 26.1. The molecule has 3 aromatic rings. The molecule has 2 aromatic heterocycles. The molecule has 1 aromatic carbocycles. The number of esters is 1. The van der Waals surface area contributed by atoms with Crippen molar-refractivity contribution in [3.05, 3.63) is 58.0 Å². The third-order valence-corrected chi connectivity index (χ3v) is 10.1. The van der Waals surface area contributed by atoms with Crippen molar-refractivity contribution in [1.82, 2.24) is 10.1 Å². The number of thiophene rings is 1. The highest BCUT2D eigenvalue weighted by molar-refractivity contribution is 7.10. The number of rotatable bonds is 6. The topological polar surface area (TPSA) is 65.2 Å². The van der Waals surface area contributed by atoms with Gasteiger partial charge in [0.05, 0.1) is 18.7 Å². The van der Waals surface area contributed by atoms with Crippen molar-refractivity contribution in [1.29, 1.82) is 0 Å². The Hall–Kier alpha value is -2.43. The Morgan fingerprint density at radius 2 is 1.85 bits per heavy atom. The second-order valence-corrected chi connectivity index (χ2v) is 12.4. The molecule has 11 heteroatoms. The summed E-state index contributed by atoms with van der Waals surface area (Å²) in [5.41, 5.74) is -1.05. The van der Waals surface area contributed by atoms with Gasteiger partial charge in [-0.15, -0.1) is 11.3 Å². The number of alkyl halides is 3. The molecule has 216 valence electrons. The van der Waals surface area contributed by atoms with Gasteiger partial charge in [0.25, 0.3) is 5.89 Å². The standard InChI is InChI=1S/C29H33F3N3O3S.ClH/c30-29(31,32)22-8-5-7-21(17-22)26-33-25(34-38-26)19-35-14-10-20(11-15-35)23(18-35)37-27(36)28(24-9-6-16-39-24)12-3-1-2-4-13-28;/h5-9,16-17,20,23H,1-4,10-15,18-19H2;1H/q+1;/p-1/t20?,23-,35?;/m0./s1. The van der Waals surface area contributed by atoms with Gasteiger partial charge in [-0.3, -0.25) is 4.79 Å². The molecule has 3 aliphatic heterocycles. The summed E-state index contributed by atoms with van der Waals surface area (Å²) in [6.07, 6.45) is 3.37. The van der Waals surface area contributed by atoms with Gasteiger partial charge in [0.2, 0.25) is 5.82 Å². The van der Waals surface area contributed by atoms with Crippen LogP contribution in [-0.2, 0) is 27.7 Å². The molecule has 3 saturated heterocycles. The zero-order valence-electron chi connectivity index (χ0n) is 22.2. The van der Waals surface area contributed by atoms with Crippen LogP contribution in [0.25, 0.3) is 11.5 Å². The lowest BCUT2D eigenvalue weighted by Gasteiger charge is -2.51. The van der Waals surface area contributed by atoms with Crippen molar-refractivity contribution >= 4 is 17.3 Å². The monoisotopic (exact) mass is 595 g/mol. The molecule has 2 bridgehead atoms. The second kappa shape index (κ2) is 11.4. The Kier molecular flexibility index (Phi) is 8.32. The lowest BCUT2D eigenvalue weighted by molar-refractivity contribution is -0.958. The van der Waals surface area contributed by atoms with E-state index < -0.39 is 17.2 Å². The summed E-state index contributed by atoms with van der Waals surface area (Å²) >= 11 is 1.65. The average molecular weight is 596 g/mol. The summed E-state index contributed by atoms with van der Waals surface area (Å²) in [5.74, 6) is 0.822. The number of benzene rings is 1. The fraction of sp³-hybridized carbons (Fsp3) is 0.552. The first-order valence-corrected chi connectivity index (χ1v) is 14.7. The summed E-state index contributed by atoms with van der Waals surface area (Å²) in [6, 6.07) is 9.04. The molecule has 0 unspecified atom stereocenters. The summed E-state index contributed by atoms with van der Waals surface area (Å²) in [5, 5.41) is 6.16. The highest BCUT2D eigenvalue weighted by atomic mass is 35.5. The van der Waals surface area contributed by atoms with E-state index in [-0.39, 0.29) is 35.9 Å². The molecule has 1 saturated carbocycles. The van der Waals surface area contributed by atoms with Crippen molar-refractivity contribution in [2.45, 2.75) is 75.6 Å². The largest absolute Gasteiger partial charge is 1.00 e. The van der Waals surface area contributed by atoms with Crippen LogP contribution >= 0.6 is 11.3 Å². The van der Waals surface area contributed by atoms with Crippen LogP contribution in [0.5, 0.6) is 0 Å². The minimum Gasteiger partial charge on any atom is -1.00 e. The number of halogens is 4. The van der Waals surface area contributed by atoms with Gasteiger partial charge in [-0.1, -0.05) is 43.0 Å². The molecular formula is C29H33ClF3N3O3S. The number of hydrogen-bond acceptors (Lipinski definition) is 6. The number of fused-ring (bicyclic) bond motifs is 3. The molecule has 4 aliphatic rings. The lowest BCUT2D eigenvalue weighted by atomic mass is 9.78. The van der Waals surface area contributed by atoms with Crippen molar-refractivity contribution in [2.24, 2.45) is 5.92 Å². The van der Waals surface area contributed by atoms with E-state index in [1.54, 1.807) is 11.3 Å². The first-order valence-electron chi connectivity index (χ1n) is 13.9. The predicted octanol–water partition coefficient (Wildman–Crippen LogP) is 3.77. The van der Waals surface area contributed by atoms with Crippen LogP contribution in [0.2, 0.25) is 0 Å². The third kappa shape index (κ3) is 5.67. The van der Waals surface area contributed by atoms with Gasteiger partial charge in [-0.2, -0.15) is 18.2 Å². The van der Waals surface area contributed by atoms with Crippen molar-refractivity contribution in [3.8, 4) is 11.5 Å². The van der Waals surface area contributed by atoms with Gasteiger partial charge in [0.1, 0.15) is 18.5 Å². The van der Waals surface area contributed by atoms with Crippen molar-refractivity contribution < 1.29 is 44.1 Å². The smallest absolute Gasteiger partial charge is 0.416 e. The first-order chi connectivity index (χ1) is 18.8. The summed E-state index contributed by atoms with van der Waals surface area (Å²) < 4.78 is 52.0. The van der Waals surface area contributed by atoms with Crippen LogP contribution < -0.4 is 12.4 Å². The molecule has 5 heterocycles. The van der Waals surface area contributed by atoms with E-state index in [4.69, 9.17) is 9.26 Å². The van der Waals surface area contributed by atoms with Gasteiger partial charge >= 0.3 is 12.1 Å². The van der Waals surface area contributed by atoms with Gasteiger partial charge < -0.3 is 26.2 Å². The SMILES string of the molecule is O=C(O[C@H]1C[N+]2(Cc3noc(-c4cccc(C(F)(F)F)c4)n3)CCC1CC2)C1(c2cccs2)CCCCCC1.[Cl-]. The van der Waals surface area contributed by atoms with E-state index in [1.807, 2.05) is 11.4 Å². The van der Waals surface area contributed by atoms with Gasteiger partial charge in [0.15, 0.2) is 6.10 Å². The van der Waals surface area contributed by atoms with E-state index >= 15 is 0 Å². The molecule has 0 radical (unpaired) electrons. The zero-order chi connectivity index (χ0) is 27.1. The molecule has 0 spiro atoms. The number of ether oxygens (including phenoxy) is 1. The number of nitrogens with zero attached hydrogens (tertiary/aromatic N) is 3. The molecule has 0 amide bonds. The van der Waals surface area contributed by atoms with E-state index in [9.17, 15) is 18.0 Å². The number of aromatic nitrogens is 2. The summed E-state index contributed by atoms with van der Waals surface area (Å²) in [6.45, 7) is 3.06. The fourth-order valence-corrected chi connectivity index (χ4v) is 7.80. The number of piperidine rings is 3. The molecule has 1 aliphatic carbocycles. The second-order valence-electron chi connectivity index (χ2n) is 11.5. The Balaban J connectivity index is 0.00000323. The minimum absolute atomic E-state index is 0. The maximum absolute atomic E-state index is 13.9. The quantitative estimate of drug-likeness (QED) is 0.247. The van der Waals surface area contributed by atoms with E-state index in [0.29, 0.717) is 29.3 Å². The Bertz CT molecular complexity index is 1300. The molecule has 1 atom stereocenters. The number of carbonyl (C=O) groups is 1. The van der Waals surface area contributed by atoms with Gasteiger partial charge in [-0.25, -0.2) is 0 Å². The van der Waals surface area contributed by atoms with Crippen LogP contribution in [0.1, 0.15) is 67.6 Å². The zero-order valence-corrected chi connectivity index (χ0v) is 23.7. The summed E-state index contributed by atoms with van der Waals surface area (Å²) in [7, 11) is 0. The third-order valence-electron chi connectivity index (χ3n) is 9.02. The van der Waals surface area contributed by atoms with Crippen LogP contribution in [0.4, 0.5) is 13.2 Å². The molecule has 6 nitrogen and oxygen atoms in total. The fourth-order valence-electron chi connectivity index (χ4n) is 6.83. The van der Waals surface area contributed by atoms with E-state index in [1.165, 1.54) is 12.1 Å². The van der Waals surface area contributed by atoms with Crippen LogP contribution in [0, 0.1) is 5.92 Å². The minimum atomic E-state index is -4.44. The number of carbonyl (C=O) groups excluding carboxylic acids is 1. The Morgan fingerprint density at radius 3 is 2.52 bits per heavy atom. The highest BCUT2D eigenvalue weighted by Gasteiger charge is 2.51. The Labute approximate surface area is 241 Å². The van der Waals surface area contributed by atoms with E-state index in [0.717, 1.165) is 81.5 Å². The molecule has 40 heavy (non-hydrogen) atoms. The molecular weight excluding hydrogens is 563 g/mol. The molecule has 7 rings (SSSR count). The Morgan fingerprint density at radius 1 is 1.10 bits per heavy atom. The lowest BCUT2D eigenvalue weighted by Crippen LogP contribution is -3.00. The summed E-state index contributed by atoms with van der Waals surface area (Å²) in [4.78, 5) is 19.5. The van der Waals surface area contributed by atoms with Crippen LogP contribution in [0.3, 0.4) is 0 Å². The van der Waals surface area contributed by atoms with Crippen LogP contribution in [0.15, 0.2) is 46.3 Å². The van der Waals surface area contributed by atoms with Crippen molar-refractivity contribution in [3.63, 3.8) is 0 Å². The average Bonchev–Trinajstić information content (AvgIpc) is 3.57.